The van der Waals surface area contributed by atoms with Crippen molar-refractivity contribution in [1.82, 2.24) is 5.32 Å². The lowest BCUT2D eigenvalue weighted by Gasteiger charge is -2.13. The number of sulfone groups is 1. The molecule has 33 heavy (non-hydrogen) atoms. The Hall–Kier alpha value is -2.91. The number of ether oxygens (including phenoxy) is 1. The van der Waals surface area contributed by atoms with Gasteiger partial charge in [0, 0.05) is 17.6 Å². The maximum atomic E-state index is 12.9. The van der Waals surface area contributed by atoms with Gasteiger partial charge in [-0.05, 0) is 60.5 Å². The van der Waals surface area contributed by atoms with E-state index in [9.17, 15) is 23.4 Å². The molecule has 3 aromatic rings. The molecule has 0 saturated heterocycles. The molecule has 7 nitrogen and oxygen atoms in total. The predicted molar refractivity (Wildman–Crippen MR) is 125 cm³/mol. The first kappa shape index (κ1) is 24.7. The molecule has 0 aliphatic rings. The van der Waals surface area contributed by atoms with Crippen LogP contribution in [0.15, 0.2) is 76.5 Å². The topological polar surface area (TPSA) is 113 Å². The fourth-order valence-electron chi connectivity index (χ4n) is 3.29. The number of aliphatic hydroxyl groups excluding tert-OH is 1. The van der Waals surface area contributed by atoms with Crippen molar-refractivity contribution in [3.8, 4) is 5.75 Å². The Kier molecular flexibility index (Phi) is 8.10. The summed E-state index contributed by atoms with van der Waals surface area (Å²) < 4.78 is 30.9. The van der Waals surface area contributed by atoms with Crippen LogP contribution in [0.3, 0.4) is 0 Å². The van der Waals surface area contributed by atoms with Crippen molar-refractivity contribution in [3.63, 3.8) is 0 Å². The van der Waals surface area contributed by atoms with Crippen molar-refractivity contribution in [2.75, 3.05) is 20.2 Å². The number of aromatic carboxylic acids is 1. The average molecular weight is 490 g/mol. The number of carboxylic acids is 1. The normalized spacial score (nSPS) is 12.3. The molecule has 3 N–H and O–H groups in total. The van der Waals surface area contributed by atoms with Crippen LogP contribution in [0, 0.1) is 0 Å². The molecule has 1 atom stereocenters. The Labute approximate surface area is 197 Å². The second kappa shape index (κ2) is 10.8. The minimum Gasteiger partial charge on any atom is -0.496 e. The van der Waals surface area contributed by atoms with Crippen LogP contribution in [0.25, 0.3) is 0 Å². The molecular formula is C24H24ClNO6S. The first-order chi connectivity index (χ1) is 15.7. The summed E-state index contributed by atoms with van der Waals surface area (Å²) in [5.74, 6) is -1.22. The zero-order chi connectivity index (χ0) is 24.0. The summed E-state index contributed by atoms with van der Waals surface area (Å²) in [6.07, 6.45) is -0.0373. The lowest BCUT2D eigenvalue weighted by Crippen LogP contribution is -2.23. The Morgan fingerprint density at radius 2 is 1.76 bits per heavy atom. The molecule has 0 fully saturated rings. The smallest absolute Gasteiger partial charge is 0.339 e. The summed E-state index contributed by atoms with van der Waals surface area (Å²) in [4.78, 5) is 11.3. The molecule has 0 aliphatic carbocycles. The summed E-state index contributed by atoms with van der Waals surface area (Å²) >= 11 is 5.94. The molecule has 0 radical (unpaired) electrons. The third-order valence-electron chi connectivity index (χ3n) is 5.11. The largest absolute Gasteiger partial charge is 0.496 e. The van der Waals surface area contributed by atoms with E-state index < -0.39 is 21.9 Å². The molecule has 0 aromatic heterocycles. The van der Waals surface area contributed by atoms with Gasteiger partial charge in [-0.2, -0.15) is 0 Å². The van der Waals surface area contributed by atoms with Crippen LogP contribution >= 0.6 is 11.6 Å². The van der Waals surface area contributed by atoms with Gasteiger partial charge in [-0.25, -0.2) is 13.2 Å². The SMILES string of the molecule is COc1cc(S(=O)(=O)c2ccc(CCNC[C@H](O)c3cccc(Cl)c3)cc2)ccc1C(=O)O. The number of rotatable bonds is 10. The van der Waals surface area contributed by atoms with Crippen molar-refractivity contribution in [2.24, 2.45) is 0 Å². The number of hydrogen-bond donors (Lipinski definition) is 3. The van der Waals surface area contributed by atoms with Crippen LogP contribution in [0.5, 0.6) is 5.75 Å². The molecule has 3 aromatic carbocycles. The van der Waals surface area contributed by atoms with Crippen LogP contribution < -0.4 is 10.1 Å². The van der Waals surface area contributed by atoms with E-state index in [1.807, 2.05) is 6.07 Å². The fraction of sp³-hybridized carbons (Fsp3) is 0.208. The number of nitrogens with one attached hydrogen (secondary N) is 1. The van der Waals surface area contributed by atoms with E-state index >= 15 is 0 Å². The Morgan fingerprint density at radius 3 is 2.39 bits per heavy atom. The summed E-state index contributed by atoms with van der Waals surface area (Å²) in [5.41, 5.74) is 1.55. The van der Waals surface area contributed by atoms with Gasteiger partial charge in [-0.1, -0.05) is 35.9 Å². The number of hydrogen-bond acceptors (Lipinski definition) is 6. The standard InChI is InChI=1S/C24H24ClNO6S/c1-32-23-14-20(9-10-21(23)24(28)29)33(30,31)19-7-5-16(6-8-19)11-12-26-15-22(27)17-3-2-4-18(25)13-17/h2-10,13-14,22,26-27H,11-12,15H2,1H3,(H,28,29)/t22-/m0/s1. The van der Waals surface area contributed by atoms with Gasteiger partial charge in [0.25, 0.3) is 0 Å². The van der Waals surface area contributed by atoms with Crippen LogP contribution in [0.2, 0.25) is 5.02 Å². The lowest BCUT2D eigenvalue weighted by atomic mass is 10.1. The second-order valence-electron chi connectivity index (χ2n) is 7.34. The van der Waals surface area contributed by atoms with Crippen LogP contribution in [-0.2, 0) is 16.3 Å². The van der Waals surface area contributed by atoms with E-state index in [0.717, 1.165) is 11.1 Å². The number of benzene rings is 3. The van der Waals surface area contributed by atoms with Crippen LogP contribution in [0.1, 0.15) is 27.6 Å². The minimum atomic E-state index is -3.83. The van der Waals surface area contributed by atoms with E-state index in [2.05, 4.69) is 5.32 Å². The number of aliphatic hydroxyl groups is 1. The quantitative estimate of drug-likeness (QED) is 0.372. The van der Waals surface area contributed by atoms with Gasteiger partial charge in [0.15, 0.2) is 0 Å². The highest BCUT2D eigenvalue weighted by Gasteiger charge is 2.21. The Balaban J connectivity index is 1.61. The zero-order valence-electron chi connectivity index (χ0n) is 17.9. The highest BCUT2D eigenvalue weighted by Crippen LogP contribution is 2.27. The first-order valence-electron chi connectivity index (χ1n) is 10.1. The van der Waals surface area contributed by atoms with Crippen molar-refractivity contribution in [2.45, 2.75) is 22.3 Å². The van der Waals surface area contributed by atoms with Gasteiger partial charge < -0.3 is 20.3 Å². The molecule has 0 heterocycles. The second-order valence-corrected chi connectivity index (χ2v) is 9.73. The molecule has 9 heteroatoms. The fourth-order valence-corrected chi connectivity index (χ4v) is 4.76. The van der Waals surface area contributed by atoms with Crippen molar-refractivity contribution >= 4 is 27.4 Å². The summed E-state index contributed by atoms with van der Waals surface area (Å²) in [6, 6.07) is 17.2. The van der Waals surface area contributed by atoms with E-state index in [1.165, 1.54) is 37.4 Å². The molecule has 174 valence electrons. The molecule has 0 bridgehead atoms. The van der Waals surface area contributed by atoms with Crippen molar-refractivity contribution < 1.29 is 28.2 Å². The van der Waals surface area contributed by atoms with Crippen molar-refractivity contribution in [3.05, 3.63) is 88.4 Å². The summed E-state index contributed by atoms with van der Waals surface area (Å²) in [5, 5.41) is 23.1. The average Bonchev–Trinajstić information content (AvgIpc) is 2.81. The van der Waals surface area contributed by atoms with E-state index in [-0.39, 0.29) is 21.1 Å². The maximum Gasteiger partial charge on any atom is 0.339 e. The lowest BCUT2D eigenvalue weighted by molar-refractivity contribution is 0.0693. The third-order valence-corrected chi connectivity index (χ3v) is 7.11. The highest BCUT2D eigenvalue weighted by atomic mass is 35.5. The first-order valence-corrected chi connectivity index (χ1v) is 12.0. The van der Waals surface area contributed by atoms with Crippen LogP contribution in [-0.4, -0.2) is 44.8 Å². The molecule has 0 saturated carbocycles. The number of carboxylic acid groups (broad SMARTS) is 1. The zero-order valence-corrected chi connectivity index (χ0v) is 19.4. The van der Waals surface area contributed by atoms with E-state index in [1.54, 1.807) is 30.3 Å². The van der Waals surface area contributed by atoms with E-state index in [0.29, 0.717) is 24.5 Å². The molecule has 0 aliphatic heterocycles. The number of carbonyl (C=O) groups is 1. The molecule has 0 amide bonds. The maximum absolute atomic E-state index is 12.9. The van der Waals surface area contributed by atoms with Crippen molar-refractivity contribution in [1.29, 1.82) is 0 Å². The molecule has 0 unspecified atom stereocenters. The summed E-state index contributed by atoms with van der Waals surface area (Å²) in [6.45, 7) is 0.957. The highest BCUT2D eigenvalue weighted by molar-refractivity contribution is 7.91. The monoisotopic (exact) mass is 489 g/mol. The van der Waals surface area contributed by atoms with Gasteiger partial charge in [0.05, 0.1) is 23.0 Å². The summed E-state index contributed by atoms with van der Waals surface area (Å²) in [7, 11) is -2.55. The minimum absolute atomic E-state index is 0.0220. The molecule has 0 spiro atoms. The van der Waals surface area contributed by atoms with Gasteiger partial charge in [0.2, 0.25) is 9.84 Å². The number of halogens is 1. The molecule has 3 rings (SSSR count). The molecular weight excluding hydrogens is 466 g/mol. The van der Waals surface area contributed by atoms with Gasteiger partial charge >= 0.3 is 5.97 Å². The van der Waals surface area contributed by atoms with Gasteiger partial charge in [0.1, 0.15) is 11.3 Å². The van der Waals surface area contributed by atoms with E-state index in [4.69, 9.17) is 16.3 Å². The Bertz CT molecular complexity index is 1230. The predicted octanol–water partition coefficient (Wildman–Crippen LogP) is 3.75. The van der Waals surface area contributed by atoms with Gasteiger partial charge in [-0.3, -0.25) is 0 Å². The third kappa shape index (κ3) is 6.11. The van der Waals surface area contributed by atoms with Crippen LogP contribution in [0.4, 0.5) is 0 Å². The Morgan fingerprint density at radius 1 is 1.06 bits per heavy atom. The van der Waals surface area contributed by atoms with Gasteiger partial charge in [-0.15, -0.1) is 0 Å². The number of methoxy groups -OCH3 is 1.